The highest BCUT2D eigenvalue weighted by atomic mass is 16.2. The van der Waals surface area contributed by atoms with E-state index < -0.39 is 12.1 Å². The van der Waals surface area contributed by atoms with Crippen molar-refractivity contribution in [1.29, 1.82) is 0 Å². The van der Waals surface area contributed by atoms with Crippen LogP contribution in [0.5, 0.6) is 0 Å². The van der Waals surface area contributed by atoms with Gasteiger partial charge >= 0.3 is 6.03 Å². The Morgan fingerprint density at radius 3 is 2.59 bits per heavy atom. The van der Waals surface area contributed by atoms with E-state index in [2.05, 4.69) is 21.0 Å². The highest BCUT2D eigenvalue weighted by molar-refractivity contribution is 6.04. The number of amides is 4. The highest BCUT2D eigenvalue weighted by Crippen LogP contribution is 2.20. The van der Waals surface area contributed by atoms with Gasteiger partial charge in [0.05, 0.1) is 11.7 Å². The number of carbonyl (C=O) groups excluding carboxylic acids is 3. The topological polar surface area (TPSA) is 105 Å². The average Bonchev–Trinajstić information content (AvgIpc) is 2.86. The van der Waals surface area contributed by atoms with E-state index in [0.717, 1.165) is 17.0 Å². The SMILES string of the molecule is Cc1nn(C)c(C)c1[C@@H](C)NC(=O)CC[C@H]1NC(=O)NC1=O. The van der Waals surface area contributed by atoms with E-state index >= 15 is 0 Å². The van der Waals surface area contributed by atoms with Crippen molar-refractivity contribution in [3.05, 3.63) is 17.0 Å². The van der Waals surface area contributed by atoms with Crippen LogP contribution in [0.15, 0.2) is 0 Å². The minimum atomic E-state index is -0.629. The van der Waals surface area contributed by atoms with Gasteiger partial charge < -0.3 is 10.6 Å². The first-order valence-corrected chi connectivity index (χ1v) is 7.20. The smallest absolute Gasteiger partial charge is 0.322 e. The molecule has 0 unspecified atom stereocenters. The molecular formula is C14H21N5O3. The van der Waals surface area contributed by atoms with Crippen LogP contribution in [0.2, 0.25) is 0 Å². The zero-order valence-electron chi connectivity index (χ0n) is 13.2. The Morgan fingerprint density at radius 1 is 1.41 bits per heavy atom. The molecular weight excluding hydrogens is 286 g/mol. The van der Waals surface area contributed by atoms with Gasteiger partial charge in [-0.2, -0.15) is 5.10 Å². The fourth-order valence-corrected chi connectivity index (χ4v) is 2.74. The predicted molar refractivity (Wildman–Crippen MR) is 78.9 cm³/mol. The van der Waals surface area contributed by atoms with Gasteiger partial charge in [0.25, 0.3) is 5.91 Å². The van der Waals surface area contributed by atoms with Crippen LogP contribution >= 0.6 is 0 Å². The summed E-state index contributed by atoms with van der Waals surface area (Å²) in [6.07, 6.45) is 0.447. The van der Waals surface area contributed by atoms with E-state index in [1.807, 2.05) is 27.8 Å². The molecule has 1 aliphatic heterocycles. The molecule has 0 spiro atoms. The van der Waals surface area contributed by atoms with E-state index in [9.17, 15) is 14.4 Å². The summed E-state index contributed by atoms with van der Waals surface area (Å²) in [7, 11) is 1.86. The van der Waals surface area contributed by atoms with Crippen molar-refractivity contribution in [1.82, 2.24) is 25.7 Å². The molecule has 0 aliphatic carbocycles. The molecule has 1 aromatic heterocycles. The van der Waals surface area contributed by atoms with Crippen molar-refractivity contribution in [3.8, 4) is 0 Å². The van der Waals surface area contributed by atoms with Crippen LogP contribution in [0.25, 0.3) is 0 Å². The second kappa shape index (κ2) is 6.17. The third-order valence-electron chi connectivity index (χ3n) is 3.89. The standard InChI is InChI=1S/C14H21N5O3/c1-7(12-8(2)18-19(4)9(12)3)15-11(20)6-5-10-13(21)17-14(22)16-10/h7,10H,5-6H2,1-4H3,(H,15,20)(H2,16,17,21,22)/t7-,10-/m1/s1. The molecule has 0 radical (unpaired) electrons. The monoisotopic (exact) mass is 307 g/mol. The third-order valence-corrected chi connectivity index (χ3v) is 3.89. The molecule has 2 heterocycles. The van der Waals surface area contributed by atoms with E-state index in [1.165, 1.54) is 0 Å². The van der Waals surface area contributed by atoms with Gasteiger partial charge in [-0.1, -0.05) is 0 Å². The number of aryl methyl sites for hydroxylation is 2. The summed E-state index contributed by atoms with van der Waals surface area (Å²) in [5.74, 6) is -0.547. The lowest BCUT2D eigenvalue weighted by molar-refractivity contribution is -0.122. The van der Waals surface area contributed by atoms with Gasteiger partial charge in [-0.3, -0.25) is 19.6 Å². The zero-order valence-corrected chi connectivity index (χ0v) is 13.2. The first-order chi connectivity index (χ1) is 10.3. The number of nitrogens with one attached hydrogen (secondary N) is 3. The number of rotatable bonds is 5. The zero-order chi connectivity index (χ0) is 16.4. The number of urea groups is 1. The van der Waals surface area contributed by atoms with Crippen molar-refractivity contribution < 1.29 is 14.4 Å². The van der Waals surface area contributed by atoms with Gasteiger partial charge in [-0.25, -0.2) is 4.79 Å². The molecule has 8 nitrogen and oxygen atoms in total. The highest BCUT2D eigenvalue weighted by Gasteiger charge is 2.29. The fraction of sp³-hybridized carbons (Fsp3) is 0.571. The van der Waals surface area contributed by atoms with E-state index in [-0.39, 0.29) is 30.7 Å². The molecule has 2 atom stereocenters. The predicted octanol–water partition coefficient (Wildman–Crippen LogP) is 0.202. The van der Waals surface area contributed by atoms with Gasteiger partial charge in [-0.05, 0) is 27.2 Å². The van der Waals surface area contributed by atoms with Crippen LogP contribution in [0.3, 0.4) is 0 Å². The summed E-state index contributed by atoms with van der Waals surface area (Å²) in [6, 6.07) is -1.30. The summed E-state index contributed by atoms with van der Waals surface area (Å²) in [6.45, 7) is 5.76. The maximum Gasteiger partial charge on any atom is 0.322 e. The number of carbonyl (C=O) groups is 3. The number of hydrogen-bond donors (Lipinski definition) is 3. The summed E-state index contributed by atoms with van der Waals surface area (Å²) in [5, 5.41) is 11.9. The first kappa shape index (κ1) is 16.0. The Labute approximate surface area is 128 Å². The van der Waals surface area contributed by atoms with Crippen LogP contribution in [-0.4, -0.2) is 33.7 Å². The van der Waals surface area contributed by atoms with Gasteiger partial charge in [0.2, 0.25) is 5.91 Å². The summed E-state index contributed by atoms with van der Waals surface area (Å²) < 4.78 is 1.78. The first-order valence-electron chi connectivity index (χ1n) is 7.20. The quantitative estimate of drug-likeness (QED) is 0.676. The molecule has 2 rings (SSSR count). The van der Waals surface area contributed by atoms with E-state index in [0.29, 0.717) is 0 Å². The number of imide groups is 1. The molecule has 22 heavy (non-hydrogen) atoms. The molecule has 1 fully saturated rings. The molecule has 0 bridgehead atoms. The largest absolute Gasteiger partial charge is 0.349 e. The molecule has 1 aromatic rings. The number of nitrogens with zero attached hydrogens (tertiary/aromatic N) is 2. The second-order valence-electron chi connectivity index (χ2n) is 5.55. The lowest BCUT2D eigenvalue weighted by Crippen LogP contribution is -2.32. The van der Waals surface area contributed by atoms with Crippen molar-refractivity contribution in [3.63, 3.8) is 0 Å². The summed E-state index contributed by atoms with van der Waals surface area (Å²) in [4.78, 5) is 34.4. The lowest BCUT2D eigenvalue weighted by Gasteiger charge is -2.15. The van der Waals surface area contributed by atoms with Gasteiger partial charge in [0.1, 0.15) is 6.04 Å². The van der Waals surface area contributed by atoms with Crippen molar-refractivity contribution in [2.75, 3.05) is 0 Å². The van der Waals surface area contributed by atoms with E-state index in [4.69, 9.17) is 0 Å². The van der Waals surface area contributed by atoms with Crippen LogP contribution in [0.4, 0.5) is 4.79 Å². The average molecular weight is 307 g/mol. The van der Waals surface area contributed by atoms with Crippen LogP contribution in [0.1, 0.15) is 42.8 Å². The van der Waals surface area contributed by atoms with Crippen molar-refractivity contribution in [2.45, 2.75) is 45.7 Å². The maximum atomic E-state index is 12.0. The third kappa shape index (κ3) is 3.26. The van der Waals surface area contributed by atoms with Crippen LogP contribution in [-0.2, 0) is 16.6 Å². The minimum Gasteiger partial charge on any atom is -0.349 e. The van der Waals surface area contributed by atoms with Gasteiger partial charge in [0.15, 0.2) is 0 Å². The van der Waals surface area contributed by atoms with Crippen LogP contribution < -0.4 is 16.0 Å². The Hall–Kier alpha value is -2.38. The molecule has 1 saturated heterocycles. The lowest BCUT2D eigenvalue weighted by atomic mass is 10.1. The molecule has 0 aromatic carbocycles. The summed E-state index contributed by atoms with van der Waals surface area (Å²) >= 11 is 0. The van der Waals surface area contributed by atoms with Crippen molar-refractivity contribution in [2.24, 2.45) is 7.05 Å². The molecule has 4 amide bonds. The molecule has 1 aliphatic rings. The minimum absolute atomic E-state index is 0.159. The fourth-order valence-electron chi connectivity index (χ4n) is 2.74. The Morgan fingerprint density at radius 2 is 2.09 bits per heavy atom. The van der Waals surface area contributed by atoms with Crippen molar-refractivity contribution >= 4 is 17.8 Å². The molecule has 3 N–H and O–H groups in total. The Kier molecular flexibility index (Phi) is 4.48. The molecule has 8 heteroatoms. The van der Waals surface area contributed by atoms with Gasteiger partial charge in [-0.15, -0.1) is 0 Å². The molecule has 0 saturated carbocycles. The molecule has 120 valence electrons. The van der Waals surface area contributed by atoms with Gasteiger partial charge in [0, 0.05) is 24.7 Å². The number of hydrogen-bond acceptors (Lipinski definition) is 4. The summed E-state index contributed by atoms with van der Waals surface area (Å²) in [5.41, 5.74) is 2.89. The van der Waals surface area contributed by atoms with Crippen LogP contribution in [0, 0.1) is 13.8 Å². The number of aromatic nitrogens is 2. The Balaban J connectivity index is 1.89. The normalized spacial score (nSPS) is 18.8. The van der Waals surface area contributed by atoms with E-state index in [1.54, 1.807) is 4.68 Å². The second-order valence-corrected chi connectivity index (χ2v) is 5.55. The maximum absolute atomic E-state index is 12.0. The Bertz CT molecular complexity index is 622.